The van der Waals surface area contributed by atoms with Gasteiger partial charge in [0.2, 0.25) is 0 Å². The van der Waals surface area contributed by atoms with Crippen LogP contribution in [0.1, 0.15) is 135 Å². The summed E-state index contributed by atoms with van der Waals surface area (Å²) in [5.74, 6) is 0. The van der Waals surface area contributed by atoms with Crippen LogP contribution in [-0.4, -0.2) is 41.3 Å². The van der Waals surface area contributed by atoms with E-state index in [4.69, 9.17) is 5.11 Å². The van der Waals surface area contributed by atoms with Gasteiger partial charge < -0.3 is 5.11 Å². The van der Waals surface area contributed by atoms with E-state index >= 15 is 0 Å². The summed E-state index contributed by atoms with van der Waals surface area (Å²) in [6.07, 6.45) is 28.1. The predicted octanol–water partition coefficient (Wildman–Crippen LogP) is 7.42. The van der Waals surface area contributed by atoms with Crippen molar-refractivity contribution >= 4 is 29.6 Å². The summed E-state index contributed by atoms with van der Waals surface area (Å²) in [6.45, 7) is 2.67. The van der Waals surface area contributed by atoms with Crippen molar-refractivity contribution in [2.24, 2.45) is 0 Å². The predicted molar refractivity (Wildman–Crippen MR) is 111 cm³/mol. The van der Waals surface area contributed by atoms with Crippen LogP contribution < -0.4 is 0 Å². The van der Waals surface area contributed by atoms with Gasteiger partial charge in [0.25, 0.3) is 0 Å². The van der Waals surface area contributed by atoms with Crippen molar-refractivity contribution in [2.75, 3.05) is 6.61 Å². The molecule has 0 aliphatic heterocycles. The Kier molecular flexibility index (Phi) is 29.7. The van der Waals surface area contributed by atoms with E-state index in [1.54, 1.807) is 0 Å². The van der Waals surface area contributed by atoms with E-state index in [-0.39, 0.29) is 29.6 Å². The third-order valence-corrected chi connectivity index (χ3v) is 5.01. The molecular formula is C22H46NaO. The zero-order valence-corrected chi connectivity index (χ0v) is 19.3. The van der Waals surface area contributed by atoms with Crippen molar-refractivity contribution in [3.8, 4) is 0 Å². The summed E-state index contributed by atoms with van der Waals surface area (Å²) in [7, 11) is 0. The summed E-state index contributed by atoms with van der Waals surface area (Å²) in [4.78, 5) is 0. The molecule has 0 saturated carbocycles. The second kappa shape index (κ2) is 26.2. The van der Waals surface area contributed by atoms with E-state index in [0.29, 0.717) is 6.61 Å². The van der Waals surface area contributed by atoms with E-state index in [1.807, 2.05) is 0 Å². The average Bonchev–Trinajstić information content (AvgIpc) is 2.57. The molecular weight excluding hydrogens is 303 g/mol. The maximum absolute atomic E-state index is 8.71. The zero-order chi connectivity index (χ0) is 16.8. The fraction of sp³-hybridized carbons (Fsp3) is 1.00. The molecule has 0 aromatic rings. The molecule has 0 bridgehead atoms. The van der Waals surface area contributed by atoms with Crippen LogP contribution >= 0.6 is 0 Å². The summed E-state index contributed by atoms with van der Waals surface area (Å²) in [6, 6.07) is 0. The van der Waals surface area contributed by atoms with Gasteiger partial charge in [-0.05, 0) is 6.42 Å². The van der Waals surface area contributed by atoms with Crippen LogP contribution in [0.15, 0.2) is 0 Å². The number of hydrogen-bond acceptors (Lipinski definition) is 1. The van der Waals surface area contributed by atoms with Crippen molar-refractivity contribution in [3.63, 3.8) is 0 Å². The third-order valence-electron chi connectivity index (χ3n) is 5.01. The Bertz CT molecular complexity index is 176. The number of hydrogen-bond donors (Lipinski definition) is 1. The molecule has 0 atom stereocenters. The average molecular weight is 350 g/mol. The van der Waals surface area contributed by atoms with Gasteiger partial charge >= 0.3 is 0 Å². The first kappa shape index (κ1) is 27.2. The number of rotatable bonds is 20. The summed E-state index contributed by atoms with van der Waals surface area (Å²) in [5.41, 5.74) is 0. The van der Waals surface area contributed by atoms with Crippen molar-refractivity contribution in [2.45, 2.75) is 135 Å². The molecule has 1 N–H and O–H groups in total. The van der Waals surface area contributed by atoms with Crippen LogP contribution in [0.3, 0.4) is 0 Å². The van der Waals surface area contributed by atoms with E-state index in [9.17, 15) is 0 Å². The molecule has 0 rings (SSSR count). The molecule has 0 amide bonds. The van der Waals surface area contributed by atoms with Crippen molar-refractivity contribution in [1.29, 1.82) is 0 Å². The fourth-order valence-electron chi connectivity index (χ4n) is 3.37. The minimum Gasteiger partial charge on any atom is -0.396 e. The maximum Gasteiger partial charge on any atom is 0.0431 e. The van der Waals surface area contributed by atoms with Gasteiger partial charge in [-0.15, -0.1) is 0 Å². The van der Waals surface area contributed by atoms with Crippen LogP contribution in [0.5, 0.6) is 0 Å². The van der Waals surface area contributed by atoms with Gasteiger partial charge in [0.15, 0.2) is 0 Å². The molecule has 0 saturated heterocycles. The van der Waals surface area contributed by atoms with E-state index in [0.717, 1.165) is 6.42 Å². The molecule has 0 heterocycles. The topological polar surface area (TPSA) is 20.2 Å². The minimum atomic E-state index is 0. The van der Waals surface area contributed by atoms with Crippen molar-refractivity contribution in [3.05, 3.63) is 0 Å². The molecule has 0 aliphatic rings. The molecule has 0 aliphatic carbocycles. The molecule has 141 valence electrons. The molecule has 2 heteroatoms. The molecule has 1 nitrogen and oxygen atoms in total. The standard InChI is InChI=1S/C22H46O.Na/c1-2-3-4-5-6-7-8-9-10-11-12-13-14-15-16-17-18-19-20-21-22-23;/h23H,2-22H2,1H3;. The second-order valence-electron chi connectivity index (χ2n) is 7.44. The monoisotopic (exact) mass is 349 g/mol. The summed E-state index contributed by atoms with van der Waals surface area (Å²) < 4.78 is 0. The van der Waals surface area contributed by atoms with Gasteiger partial charge in [0.1, 0.15) is 0 Å². The van der Waals surface area contributed by atoms with Crippen molar-refractivity contribution < 1.29 is 5.11 Å². The van der Waals surface area contributed by atoms with Gasteiger partial charge in [0, 0.05) is 36.2 Å². The first-order chi connectivity index (χ1) is 11.4. The van der Waals surface area contributed by atoms with E-state index < -0.39 is 0 Å². The number of aliphatic hydroxyl groups is 1. The molecule has 0 spiro atoms. The molecule has 0 unspecified atom stereocenters. The Labute approximate surface area is 176 Å². The smallest absolute Gasteiger partial charge is 0.0431 e. The van der Waals surface area contributed by atoms with Crippen LogP contribution in [0.4, 0.5) is 0 Å². The van der Waals surface area contributed by atoms with Gasteiger partial charge in [0.05, 0.1) is 0 Å². The van der Waals surface area contributed by atoms with Gasteiger partial charge in [-0.2, -0.15) is 0 Å². The normalized spacial score (nSPS) is 10.8. The zero-order valence-electron chi connectivity index (χ0n) is 17.3. The first-order valence-electron chi connectivity index (χ1n) is 11.0. The molecule has 24 heavy (non-hydrogen) atoms. The minimum absolute atomic E-state index is 0. The Morgan fingerprint density at radius 1 is 0.375 bits per heavy atom. The molecule has 1 radical (unpaired) electrons. The Balaban J connectivity index is 0. The third kappa shape index (κ3) is 25.2. The Morgan fingerprint density at radius 3 is 0.792 bits per heavy atom. The molecule has 0 aromatic heterocycles. The maximum atomic E-state index is 8.71. The molecule has 0 fully saturated rings. The number of unbranched alkanes of at least 4 members (excludes halogenated alkanes) is 19. The largest absolute Gasteiger partial charge is 0.396 e. The van der Waals surface area contributed by atoms with Crippen LogP contribution in [0.25, 0.3) is 0 Å². The SMILES string of the molecule is CCCCCCCCCCCCCCCCCCCCCCO.[Na]. The van der Waals surface area contributed by atoms with Crippen molar-refractivity contribution in [1.82, 2.24) is 0 Å². The van der Waals surface area contributed by atoms with Gasteiger partial charge in [-0.25, -0.2) is 0 Å². The van der Waals surface area contributed by atoms with Crippen LogP contribution in [0.2, 0.25) is 0 Å². The second-order valence-corrected chi connectivity index (χ2v) is 7.44. The fourth-order valence-corrected chi connectivity index (χ4v) is 3.37. The number of aliphatic hydroxyl groups excluding tert-OH is 1. The van der Waals surface area contributed by atoms with Crippen LogP contribution in [-0.2, 0) is 0 Å². The quantitative estimate of drug-likeness (QED) is 0.179. The van der Waals surface area contributed by atoms with Gasteiger partial charge in [-0.1, -0.05) is 129 Å². The first-order valence-corrected chi connectivity index (χ1v) is 11.0. The summed E-state index contributed by atoms with van der Waals surface area (Å²) >= 11 is 0. The summed E-state index contributed by atoms with van der Waals surface area (Å²) in [5, 5.41) is 8.71. The van der Waals surface area contributed by atoms with Crippen LogP contribution in [0, 0.1) is 0 Å². The van der Waals surface area contributed by atoms with E-state index in [2.05, 4.69) is 6.92 Å². The Hall–Kier alpha value is 0.960. The molecule has 0 aromatic carbocycles. The van der Waals surface area contributed by atoms with E-state index in [1.165, 1.54) is 122 Å². The van der Waals surface area contributed by atoms with Gasteiger partial charge in [-0.3, -0.25) is 0 Å². The Morgan fingerprint density at radius 2 is 0.583 bits per heavy atom.